The molecule has 6 aromatic rings. The number of furan rings is 2. The molecule has 2 aliphatic carbocycles. The zero-order valence-electron chi connectivity index (χ0n) is 28.8. The van der Waals surface area contributed by atoms with E-state index in [4.69, 9.17) is 25.9 Å². The van der Waals surface area contributed by atoms with Crippen molar-refractivity contribution in [2.45, 2.75) is 51.6 Å². The van der Waals surface area contributed by atoms with Gasteiger partial charge in [0.2, 0.25) is 0 Å². The summed E-state index contributed by atoms with van der Waals surface area (Å²) in [6, 6.07) is 36.6. The standard InChI is InChI=1S/C44H39O2Si.2ClH.Zr/c1-27-21-33-37(43(29(27)3)31-13-7-5-8-14-31)23-35(41-17-11-19-45-41)39(33)25-47-26-40-34-22-28(2)30(4)44(32-15-9-6-10-16-32)38(34)24-36(40)42-18-12-20-46-42;;;/h5-24,39-40,47H,25-26H2,1-4H3;2*1H;/q;;;+2/p-2. The van der Waals surface area contributed by atoms with E-state index in [0.717, 1.165) is 23.6 Å². The van der Waals surface area contributed by atoms with E-state index in [9.17, 15) is 0 Å². The van der Waals surface area contributed by atoms with Crippen molar-refractivity contribution in [1.29, 1.82) is 0 Å². The van der Waals surface area contributed by atoms with Gasteiger partial charge in [-0.2, -0.15) is 0 Å². The molecule has 6 heteroatoms. The van der Waals surface area contributed by atoms with Crippen molar-refractivity contribution in [3.8, 4) is 22.3 Å². The SMILES string of the molecule is Cc1cc2c(c(-c3ccccc3)c1C)C=C(c1ccco1)C2C[SiH](CC1C(c2ccco2)=Cc2c1cc(C)c(C)c2-c1ccccc1)[Zr]([Cl])[Cl]. The van der Waals surface area contributed by atoms with E-state index in [2.05, 4.69) is 125 Å². The third-order valence-corrected chi connectivity index (χ3v) is 32.7. The summed E-state index contributed by atoms with van der Waals surface area (Å²) in [5, 5.41) is 0. The predicted octanol–water partition coefficient (Wildman–Crippen LogP) is 13.1. The van der Waals surface area contributed by atoms with Gasteiger partial charge in [0.05, 0.1) is 0 Å². The van der Waals surface area contributed by atoms with E-state index in [1.54, 1.807) is 12.5 Å². The van der Waals surface area contributed by atoms with Crippen LogP contribution in [-0.2, 0) is 18.5 Å². The van der Waals surface area contributed by atoms with Crippen LogP contribution in [0.3, 0.4) is 0 Å². The Hall–Kier alpha value is -3.40. The molecule has 2 heterocycles. The van der Waals surface area contributed by atoms with Crippen LogP contribution in [0.25, 0.3) is 45.6 Å². The van der Waals surface area contributed by atoms with Crippen molar-refractivity contribution in [2.24, 2.45) is 0 Å². The molecule has 50 heavy (non-hydrogen) atoms. The van der Waals surface area contributed by atoms with Crippen molar-refractivity contribution >= 4 is 46.2 Å². The quantitative estimate of drug-likeness (QED) is 0.136. The molecule has 0 radical (unpaired) electrons. The second-order valence-electron chi connectivity index (χ2n) is 13.8. The van der Waals surface area contributed by atoms with Gasteiger partial charge in [-0.15, -0.1) is 0 Å². The Morgan fingerprint density at radius 3 is 1.36 bits per heavy atom. The number of hydrogen-bond acceptors (Lipinski definition) is 2. The Kier molecular flexibility index (Phi) is 9.42. The first-order valence-electron chi connectivity index (χ1n) is 17.4. The first-order chi connectivity index (χ1) is 24.3. The number of aryl methyl sites for hydroxylation is 2. The molecule has 4 aromatic carbocycles. The van der Waals surface area contributed by atoms with E-state index in [0.29, 0.717) is 0 Å². The first-order valence-corrected chi connectivity index (χ1v) is 30.2. The van der Waals surface area contributed by atoms with E-state index in [-0.39, 0.29) is 11.8 Å². The van der Waals surface area contributed by atoms with Crippen LogP contribution in [-0.4, -0.2) is 5.92 Å². The molecule has 0 bridgehead atoms. The van der Waals surface area contributed by atoms with Crippen molar-refractivity contribution in [3.05, 3.63) is 166 Å². The average Bonchev–Trinajstić information content (AvgIpc) is 3.95. The number of halogens is 2. The molecule has 0 spiro atoms. The van der Waals surface area contributed by atoms with Crippen LogP contribution >= 0.6 is 17.0 Å². The molecule has 2 unspecified atom stereocenters. The Balaban J connectivity index is 1.23. The molecule has 0 N–H and O–H groups in total. The molecule has 0 saturated carbocycles. The molecule has 2 aromatic heterocycles. The monoisotopic (exact) mass is 787 g/mol. The van der Waals surface area contributed by atoms with Crippen LogP contribution in [0.4, 0.5) is 0 Å². The van der Waals surface area contributed by atoms with Gasteiger partial charge >= 0.3 is 313 Å². The van der Waals surface area contributed by atoms with Crippen LogP contribution in [0.2, 0.25) is 12.1 Å². The van der Waals surface area contributed by atoms with Crippen molar-refractivity contribution < 1.29 is 27.4 Å². The summed E-state index contributed by atoms with van der Waals surface area (Å²) < 4.78 is 12.3. The number of rotatable bonds is 9. The Morgan fingerprint density at radius 2 is 1.00 bits per heavy atom. The van der Waals surface area contributed by atoms with Gasteiger partial charge in [0.15, 0.2) is 0 Å². The summed E-state index contributed by atoms with van der Waals surface area (Å²) in [6.07, 6.45) is 8.35. The molecule has 0 amide bonds. The summed E-state index contributed by atoms with van der Waals surface area (Å²) >= 11 is -2.74. The van der Waals surface area contributed by atoms with Crippen LogP contribution in [0, 0.1) is 27.7 Å². The summed E-state index contributed by atoms with van der Waals surface area (Å²) in [4.78, 5) is 0. The summed E-state index contributed by atoms with van der Waals surface area (Å²) in [6.45, 7) is 8.99. The van der Waals surface area contributed by atoms with Crippen LogP contribution < -0.4 is 0 Å². The van der Waals surface area contributed by atoms with Crippen LogP contribution in [0.1, 0.15) is 67.9 Å². The number of fused-ring (bicyclic) bond motifs is 2. The van der Waals surface area contributed by atoms with Crippen molar-refractivity contribution in [1.82, 2.24) is 0 Å². The minimum absolute atomic E-state index is 0.180. The summed E-state index contributed by atoms with van der Waals surface area (Å²) in [5.74, 6) is 0.538. The zero-order valence-corrected chi connectivity index (χ0v) is 33.9. The third-order valence-electron chi connectivity index (χ3n) is 11.0. The molecule has 0 saturated heterocycles. The maximum absolute atomic E-state index is 7.31. The van der Waals surface area contributed by atoms with E-state index < -0.39 is 24.4 Å². The molecular formula is C44H39Cl2O2SiZr. The van der Waals surface area contributed by atoms with Gasteiger partial charge in [-0.3, -0.25) is 0 Å². The maximum atomic E-state index is 7.31. The van der Waals surface area contributed by atoms with Gasteiger partial charge in [0.25, 0.3) is 0 Å². The molecule has 0 aliphatic heterocycles. The normalized spacial score (nSPS) is 16.9. The average molecular weight is 790 g/mol. The molecular weight excluding hydrogens is 751 g/mol. The van der Waals surface area contributed by atoms with E-state index in [1.165, 1.54) is 77.9 Å². The molecule has 2 nitrogen and oxygen atoms in total. The Bertz CT molecular complexity index is 2080. The summed E-state index contributed by atoms with van der Waals surface area (Å²) in [5.41, 5.74) is 18.2. The van der Waals surface area contributed by atoms with Gasteiger partial charge in [0.1, 0.15) is 0 Å². The fourth-order valence-electron chi connectivity index (χ4n) is 8.34. The third kappa shape index (κ3) is 6.03. The molecule has 0 fully saturated rings. The fraction of sp³-hybridized carbons (Fsp3) is 0.182. The second kappa shape index (κ2) is 14.0. The Morgan fingerprint density at radius 1 is 0.580 bits per heavy atom. The number of hydrogen-bond donors (Lipinski definition) is 0. The molecule has 8 rings (SSSR count). The molecule has 2 aliphatic rings. The van der Waals surface area contributed by atoms with Gasteiger partial charge in [-0.05, 0) is 0 Å². The number of allylic oxidation sites excluding steroid dienone is 2. The summed E-state index contributed by atoms with van der Waals surface area (Å²) in [7, 11) is 14.6. The second-order valence-corrected chi connectivity index (χ2v) is 37.3. The minimum atomic E-state index is -2.74. The van der Waals surface area contributed by atoms with Crippen LogP contribution in [0.5, 0.6) is 0 Å². The van der Waals surface area contributed by atoms with Crippen molar-refractivity contribution in [2.75, 3.05) is 0 Å². The van der Waals surface area contributed by atoms with Gasteiger partial charge < -0.3 is 0 Å². The first kappa shape index (κ1) is 33.7. The van der Waals surface area contributed by atoms with Gasteiger partial charge in [-0.1, -0.05) is 0 Å². The number of benzene rings is 4. The topological polar surface area (TPSA) is 26.3 Å². The van der Waals surface area contributed by atoms with Crippen LogP contribution in [0.15, 0.2) is 118 Å². The van der Waals surface area contributed by atoms with Gasteiger partial charge in [-0.25, -0.2) is 0 Å². The molecule has 249 valence electrons. The van der Waals surface area contributed by atoms with Gasteiger partial charge in [0, 0.05) is 0 Å². The Labute approximate surface area is 310 Å². The van der Waals surface area contributed by atoms with E-state index >= 15 is 0 Å². The van der Waals surface area contributed by atoms with E-state index in [1.807, 2.05) is 12.1 Å². The fourth-order valence-corrected chi connectivity index (χ4v) is 23.5. The van der Waals surface area contributed by atoms with Crippen molar-refractivity contribution in [3.63, 3.8) is 0 Å². The predicted molar refractivity (Wildman–Crippen MR) is 210 cm³/mol. The zero-order chi connectivity index (χ0) is 34.5. The molecule has 2 atom stereocenters.